The molecule has 0 radical (unpaired) electrons. The van der Waals surface area contributed by atoms with Crippen LogP contribution in [0.4, 0.5) is 4.79 Å². The fourth-order valence-electron chi connectivity index (χ4n) is 1.26. The maximum absolute atomic E-state index is 11.5. The highest BCUT2D eigenvalue weighted by atomic mass is 16.6. The van der Waals surface area contributed by atoms with Crippen LogP contribution in [0.2, 0.25) is 0 Å². The molecule has 1 atom stereocenters. The van der Waals surface area contributed by atoms with Crippen molar-refractivity contribution < 1.29 is 9.53 Å². The van der Waals surface area contributed by atoms with Gasteiger partial charge in [-0.15, -0.1) is 0 Å². The second kappa shape index (κ2) is 6.74. The second-order valence-corrected chi connectivity index (χ2v) is 5.55. The van der Waals surface area contributed by atoms with Gasteiger partial charge in [-0.3, -0.25) is 0 Å². The monoisotopic (exact) mass is 230 g/mol. The number of rotatable bonds is 5. The Morgan fingerprint density at radius 3 is 2.25 bits per heavy atom. The van der Waals surface area contributed by atoms with Crippen LogP contribution in [0.25, 0.3) is 0 Å². The fourth-order valence-corrected chi connectivity index (χ4v) is 1.26. The molecular formula is C12H26N2O2. The molecule has 0 heterocycles. The molecule has 0 aromatic carbocycles. The van der Waals surface area contributed by atoms with E-state index in [0.29, 0.717) is 12.5 Å². The van der Waals surface area contributed by atoms with Crippen molar-refractivity contribution in [3.05, 3.63) is 0 Å². The van der Waals surface area contributed by atoms with Crippen LogP contribution in [-0.4, -0.2) is 24.3 Å². The normalized spacial score (nSPS) is 13.7. The number of hydrogen-bond donors (Lipinski definition) is 2. The Balaban J connectivity index is 3.97. The van der Waals surface area contributed by atoms with E-state index < -0.39 is 5.60 Å². The van der Waals surface area contributed by atoms with Gasteiger partial charge in [0.1, 0.15) is 5.60 Å². The first-order chi connectivity index (χ1) is 7.24. The smallest absolute Gasteiger partial charge is 0.407 e. The summed E-state index contributed by atoms with van der Waals surface area (Å²) in [6.07, 6.45) is 1.57. The molecule has 0 bridgehead atoms. The van der Waals surface area contributed by atoms with Gasteiger partial charge in [0.05, 0.1) is 0 Å². The summed E-state index contributed by atoms with van der Waals surface area (Å²) in [6.45, 7) is 10.3. The van der Waals surface area contributed by atoms with Crippen LogP contribution >= 0.6 is 0 Å². The van der Waals surface area contributed by atoms with Gasteiger partial charge in [0.25, 0.3) is 0 Å². The van der Waals surface area contributed by atoms with Crippen molar-refractivity contribution in [1.29, 1.82) is 0 Å². The Hall–Kier alpha value is -0.770. The van der Waals surface area contributed by atoms with Crippen LogP contribution in [0.15, 0.2) is 0 Å². The second-order valence-electron chi connectivity index (χ2n) is 5.55. The molecule has 0 saturated carbocycles. The molecule has 0 aliphatic rings. The van der Waals surface area contributed by atoms with Crippen LogP contribution in [0, 0.1) is 5.92 Å². The molecule has 0 spiro atoms. The number of alkyl carbamates (subject to hydrolysis) is 1. The first-order valence-corrected chi connectivity index (χ1v) is 5.94. The van der Waals surface area contributed by atoms with Gasteiger partial charge < -0.3 is 15.8 Å². The number of nitrogens with two attached hydrogens (primary N) is 1. The summed E-state index contributed by atoms with van der Waals surface area (Å²) < 4.78 is 5.17. The molecule has 16 heavy (non-hydrogen) atoms. The number of nitrogens with one attached hydrogen (secondary N) is 1. The standard InChI is InChI=1S/C12H26N2O2/c1-9(2)6-7-10(8-13)14-11(15)16-12(3,4)5/h9-10H,6-8,13H2,1-5H3,(H,14,15). The summed E-state index contributed by atoms with van der Waals surface area (Å²) in [7, 11) is 0. The molecule has 0 fully saturated rings. The maximum Gasteiger partial charge on any atom is 0.407 e. The van der Waals surface area contributed by atoms with E-state index in [1.807, 2.05) is 20.8 Å². The Morgan fingerprint density at radius 1 is 1.31 bits per heavy atom. The topological polar surface area (TPSA) is 64.3 Å². The maximum atomic E-state index is 11.5. The van der Waals surface area contributed by atoms with E-state index >= 15 is 0 Å². The van der Waals surface area contributed by atoms with Crippen molar-refractivity contribution in [1.82, 2.24) is 5.32 Å². The minimum atomic E-state index is -0.457. The van der Waals surface area contributed by atoms with E-state index in [4.69, 9.17) is 10.5 Å². The van der Waals surface area contributed by atoms with Gasteiger partial charge in [-0.25, -0.2) is 4.79 Å². The molecule has 4 heteroatoms. The Kier molecular flexibility index (Phi) is 6.41. The molecule has 1 unspecified atom stereocenters. The van der Waals surface area contributed by atoms with E-state index in [2.05, 4.69) is 19.2 Å². The van der Waals surface area contributed by atoms with Crippen LogP contribution in [0.1, 0.15) is 47.5 Å². The summed E-state index contributed by atoms with van der Waals surface area (Å²) in [5.74, 6) is 0.620. The molecule has 0 saturated heterocycles. The van der Waals surface area contributed by atoms with Gasteiger partial charge in [0, 0.05) is 12.6 Å². The summed E-state index contributed by atoms with van der Waals surface area (Å²) in [5, 5.41) is 2.79. The van der Waals surface area contributed by atoms with Crippen molar-refractivity contribution in [3.63, 3.8) is 0 Å². The molecule has 3 N–H and O–H groups in total. The molecule has 0 aliphatic carbocycles. The van der Waals surface area contributed by atoms with E-state index in [1.165, 1.54) is 0 Å². The van der Waals surface area contributed by atoms with Crippen LogP contribution in [0.3, 0.4) is 0 Å². The average Bonchev–Trinajstić information content (AvgIpc) is 2.08. The van der Waals surface area contributed by atoms with Gasteiger partial charge >= 0.3 is 6.09 Å². The number of carbonyl (C=O) groups is 1. The molecule has 0 aromatic rings. The van der Waals surface area contributed by atoms with Gasteiger partial charge in [-0.05, 0) is 39.5 Å². The fraction of sp³-hybridized carbons (Fsp3) is 0.917. The first-order valence-electron chi connectivity index (χ1n) is 5.94. The molecule has 0 aliphatic heterocycles. The van der Waals surface area contributed by atoms with Gasteiger partial charge in [0.2, 0.25) is 0 Å². The third kappa shape index (κ3) is 8.53. The molecular weight excluding hydrogens is 204 g/mol. The lowest BCUT2D eigenvalue weighted by molar-refractivity contribution is 0.0502. The molecule has 4 nitrogen and oxygen atoms in total. The van der Waals surface area contributed by atoms with E-state index in [9.17, 15) is 4.79 Å². The number of carbonyl (C=O) groups excluding carboxylic acids is 1. The Bertz CT molecular complexity index is 210. The van der Waals surface area contributed by atoms with Crippen LogP contribution in [0.5, 0.6) is 0 Å². The third-order valence-corrected chi connectivity index (χ3v) is 2.10. The SMILES string of the molecule is CC(C)CCC(CN)NC(=O)OC(C)(C)C. The molecule has 0 aromatic heterocycles. The zero-order chi connectivity index (χ0) is 12.8. The van der Waals surface area contributed by atoms with Crippen molar-refractivity contribution in [2.45, 2.75) is 59.1 Å². The third-order valence-electron chi connectivity index (χ3n) is 2.10. The van der Waals surface area contributed by atoms with E-state index in [-0.39, 0.29) is 12.1 Å². The summed E-state index contributed by atoms with van der Waals surface area (Å²) >= 11 is 0. The van der Waals surface area contributed by atoms with Crippen molar-refractivity contribution in [3.8, 4) is 0 Å². The van der Waals surface area contributed by atoms with Gasteiger partial charge in [0.15, 0.2) is 0 Å². The Labute approximate surface area is 98.9 Å². The van der Waals surface area contributed by atoms with Crippen molar-refractivity contribution in [2.75, 3.05) is 6.54 Å². The quantitative estimate of drug-likeness (QED) is 0.761. The highest BCUT2D eigenvalue weighted by Crippen LogP contribution is 2.09. The minimum absolute atomic E-state index is 0.0113. The number of amides is 1. The number of hydrogen-bond acceptors (Lipinski definition) is 3. The molecule has 1 amide bonds. The van der Waals surface area contributed by atoms with Crippen molar-refractivity contribution >= 4 is 6.09 Å². The summed E-state index contributed by atoms with van der Waals surface area (Å²) in [6, 6.07) is 0.0113. The average molecular weight is 230 g/mol. The van der Waals surface area contributed by atoms with E-state index in [0.717, 1.165) is 12.8 Å². The predicted octanol–water partition coefficient (Wildman–Crippen LogP) is 2.27. The zero-order valence-electron chi connectivity index (χ0n) is 11.2. The first kappa shape index (κ1) is 15.2. The van der Waals surface area contributed by atoms with Crippen LogP contribution in [-0.2, 0) is 4.74 Å². The van der Waals surface area contributed by atoms with Gasteiger partial charge in [-0.2, -0.15) is 0 Å². The Morgan fingerprint density at radius 2 is 1.88 bits per heavy atom. The van der Waals surface area contributed by atoms with Gasteiger partial charge in [-0.1, -0.05) is 13.8 Å². The predicted molar refractivity (Wildman–Crippen MR) is 66.3 cm³/mol. The summed E-state index contributed by atoms with van der Waals surface area (Å²) in [4.78, 5) is 11.5. The lowest BCUT2D eigenvalue weighted by Crippen LogP contribution is -2.43. The number of ether oxygens (including phenoxy) is 1. The largest absolute Gasteiger partial charge is 0.444 e. The summed E-state index contributed by atoms with van der Waals surface area (Å²) in [5.41, 5.74) is 5.14. The van der Waals surface area contributed by atoms with E-state index in [1.54, 1.807) is 0 Å². The minimum Gasteiger partial charge on any atom is -0.444 e. The molecule has 96 valence electrons. The lowest BCUT2D eigenvalue weighted by Gasteiger charge is -2.23. The van der Waals surface area contributed by atoms with Crippen molar-refractivity contribution in [2.24, 2.45) is 11.7 Å². The molecule has 0 rings (SSSR count). The highest BCUT2D eigenvalue weighted by molar-refractivity contribution is 5.68. The van der Waals surface area contributed by atoms with Crippen LogP contribution < -0.4 is 11.1 Å². The highest BCUT2D eigenvalue weighted by Gasteiger charge is 2.18. The lowest BCUT2D eigenvalue weighted by atomic mass is 10.0. The zero-order valence-corrected chi connectivity index (χ0v) is 11.2.